The summed E-state index contributed by atoms with van der Waals surface area (Å²) in [5, 5.41) is 2.18. The number of aryl methyl sites for hydroxylation is 3. The van der Waals surface area contributed by atoms with Gasteiger partial charge in [-0.25, -0.2) is 4.98 Å². The standard InChI is InChI=1S/C24H32N2OS/c1-15-7-17(3)22-19(8-15)16(2)9-20(25-22)28-12-21(27)26-14-24(6)11-18(26)10-23(4,5)13-24/h7-9,18H,10-14H2,1-6H3/t18-,24-/m0/s1. The average molecular weight is 397 g/mol. The van der Waals surface area contributed by atoms with Crippen LogP contribution in [0, 0.1) is 31.6 Å². The molecular weight excluding hydrogens is 364 g/mol. The number of fused-ring (bicyclic) bond motifs is 3. The topological polar surface area (TPSA) is 33.2 Å². The molecule has 2 aliphatic rings. The van der Waals surface area contributed by atoms with E-state index in [0.29, 0.717) is 22.6 Å². The van der Waals surface area contributed by atoms with Crippen molar-refractivity contribution >= 4 is 28.6 Å². The van der Waals surface area contributed by atoms with Crippen LogP contribution in [-0.2, 0) is 4.79 Å². The van der Waals surface area contributed by atoms with Gasteiger partial charge in [0.15, 0.2) is 0 Å². The number of nitrogens with zero attached hydrogens (tertiary/aromatic N) is 2. The SMILES string of the molecule is Cc1cc(C)c2nc(SCC(=O)N3C[C@@]4(C)C[C@@H]3CC(C)(C)C4)cc(C)c2c1. The Hall–Kier alpha value is -1.55. The normalized spacial score (nSPS) is 26.1. The first-order valence-corrected chi connectivity index (χ1v) is 11.3. The Bertz CT molecular complexity index is 951. The molecular formula is C24H32N2OS. The molecule has 0 spiro atoms. The number of likely N-dealkylation sites (tertiary alicyclic amines) is 1. The van der Waals surface area contributed by atoms with E-state index < -0.39 is 0 Å². The fourth-order valence-corrected chi connectivity index (χ4v) is 6.71. The molecule has 4 heteroatoms. The Morgan fingerprint density at radius 2 is 1.89 bits per heavy atom. The van der Waals surface area contributed by atoms with Crippen molar-refractivity contribution in [2.45, 2.75) is 71.9 Å². The molecule has 28 heavy (non-hydrogen) atoms. The van der Waals surface area contributed by atoms with Gasteiger partial charge in [-0.05, 0) is 74.1 Å². The molecule has 0 unspecified atom stereocenters. The first kappa shape index (κ1) is 19.8. The molecule has 0 radical (unpaired) electrons. The van der Waals surface area contributed by atoms with E-state index in [9.17, 15) is 4.79 Å². The molecule has 2 heterocycles. The third kappa shape index (κ3) is 3.68. The number of carbonyl (C=O) groups excluding carboxylic acids is 1. The van der Waals surface area contributed by atoms with Crippen LogP contribution >= 0.6 is 11.8 Å². The summed E-state index contributed by atoms with van der Waals surface area (Å²) in [4.78, 5) is 20.1. The maximum atomic E-state index is 13.1. The van der Waals surface area contributed by atoms with E-state index in [1.165, 1.54) is 34.9 Å². The van der Waals surface area contributed by atoms with Gasteiger partial charge in [-0.15, -0.1) is 0 Å². The number of aromatic nitrogens is 1. The summed E-state index contributed by atoms with van der Waals surface area (Å²) in [6, 6.07) is 6.93. The molecule has 150 valence electrons. The molecule has 1 aromatic heterocycles. The predicted molar refractivity (Wildman–Crippen MR) is 118 cm³/mol. The summed E-state index contributed by atoms with van der Waals surface area (Å²) in [7, 11) is 0. The summed E-state index contributed by atoms with van der Waals surface area (Å²) in [6.45, 7) is 14.4. The fraction of sp³-hybridized carbons (Fsp3) is 0.583. The molecule has 3 nitrogen and oxygen atoms in total. The van der Waals surface area contributed by atoms with E-state index in [0.717, 1.165) is 23.5 Å². The number of benzene rings is 1. The van der Waals surface area contributed by atoms with Gasteiger partial charge in [0.1, 0.15) is 0 Å². The van der Waals surface area contributed by atoms with Crippen molar-refractivity contribution in [3.8, 4) is 0 Å². The van der Waals surface area contributed by atoms with E-state index in [2.05, 4.69) is 64.6 Å². The van der Waals surface area contributed by atoms with Crippen LogP contribution in [0.1, 0.15) is 56.7 Å². The monoisotopic (exact) mass is 396 g/mol. The van der Waals surface area contributed by atoms with Crippen LogP contribution in [0.5, 0.6) is 0 Å². The quantitative estimate of drug-likeness (QED) is 0.626. The maximum absolute atomic E-state index is 13.1. The van der Waals surface area contributed by atoms with E-state index in [-0.39, 0.29) is 5.91 Å². The minimum absolute atomic E-state index is 0.275. The Morgan fingerprint density at radius 1 is 1.14 bits per heavy atom. The minimum Gasteiger partial charge on any atom is -0.338 e. The summed E-state index contributed by atoms with van der Waals surface area (Å²) < 4.78 is 0. The van der Waals surface area contributed by atoms with Gasteiger partial charge in [0.25, 0.3) is 0 Å². The molecule has 2 atom stereocenters. The molecule has 4 rings (SSSR count). The first-order chi connectivity index (χ1) is 13.1. The summed E-state index contributed by atoms with van der Waals surface area (Å²) in [5.74, 6) is 0.757. The van der Waals surface area contributed by atoms with Gasteiger partial charge in [-0.3, -0.25) is 4.79 Å². The number of hydrogen-bond acceptors (Lipinski definition) is 3. The zero-order valence-electron chi connectivity index (χ0n) is 18.1. The summed E-state index contributed by atoms with van der Waals surface area (Å²) in [6.07, 6.45) is 3.52. The van der Waals surface area contributed by atoms with Crippen molar-refractivity contribution in [3.05, 3.63) is 34.9 Å². The second-order valence-corrected chi connectivity index (χ2v) is 11.3. The lowest BCUT2D eigenvalue weighted by Crippen LogP contribution is -2.38. The van der Waals surface area contributed by atoms with Gasteiger partial charge in [0, 0.05) is 18.0 Å². The Balaban J connectivity index is 1.50. The Morgan fingerprint density at radius 3 is 2.64 bits per heavy atom. The van der Waals surface area contributed by atoms with Crippen molar-refractivity contribution < 1.29 is 4.79 Å². The van der Waals surface area contributed by atoms with Crippen LogP contribution in [0.4, 0.5) is 0 Å². The average Bonchev–Trinajstić information content (AvgIpc) is 2.82. The molecule has 2 bridgehead atoms. The Kier molecular flexibility index (Phi) is 4.77. The highest BCUT2D eigenvalue weighted by molar-refractivity contribution is 7.99. The lowest BCUT2D eigenvalue weighted by atomic mass is 9.65. The molecule has 2 aromatic rings. The highest BCUT2D eigenvalue weighted by Crippen LogP contribution is 2.52. The number of thioether (sulfide) groups is 1. The zero-order valence-corrected chi connectivity index (χ0v) is 18.9. The van der Waals surface area contributed by atoms with Crippen molar-refractivity contribution in [2.24, 2.45) is 10.8 Å². The summed E-state index contributed by atoms with van der Waals surface area (Å²) >= 11 is 1.59. The van der Waals surface area contributed by atoms with Crippen LogP contribution in [0.2, 0.25) is 0 Å². The van der Waals surface area contributed by atoms with E-state index in [4.69, 9.17) is 4.98 Å². The number of amides is 1. The molecule has 1 saturated carbocycles. The molecule has 1 aromatic carbocycles. The molecule has 1 saturated heterocycles. The van der Waals surface area contributed by atoms with E-state index in [1.807, 2.05) is 0 Å². The second-order valence-electron chi connectivity index (χ2n) is 10.3. The Labute approximate surface area is 173 Å². The van der Waals surface area contributed by atoms with Crippen LogP contribution in [0.15, 0.2) is 23.2 Å². The zero-order chi connectivity index (χ0) is 20.3. The number of carbonyl (C=O) groups is 1. The van der Waals surface area contributed by atoms with Gasteiger partial charge in [0.05, 0.1) is 16.3 Å². The predicted octanol–water partition coefficient (Wildman–Crippen LogP) is 5.68. The smallest absolute Gasteiger partial charge is 0.233 e. The number of pyridine rings is 1. The third-order valence-corrected chi connectivity index (χ3v) is 7.41. The first-order valence-electron chi connectivity index (χ1n) is 10.4. The van der Waals surface area contributed by atoms with Crippen LogP contribution in [-0.4, -0.2) is 34.1 Å². The highest BCUT2D eigenvalue weighted by atomic mass is 32.2. The van der Waals surface area contributed by atoms with Crippen molar-refractivity contribution in [2.75, 3.05) is 12.3 Å². The largest absolute Gasteiger partial charge is 0.338 e. The maximum Gasteiger partial charge on any atom is 0.233 e. The molecule has 1 aliphatic heterocycles. The molecule has 0 N–H and O–H groups in total. The van der Waals surface area contributed by atoms with Gasteiger partial charge in [-0.1, -0.05) is 44.2 Å². The minimum atomic E-state index is 0.275. The van der Waals surface area contributed by atoms with Gasteiger partial charge >= 0.3 is 0 Å². The molecule has 1 amide bonds. The van der Waals surface area contributed by atoms with Crippen molar-refractivity contribution in [3.63, 3.8) is 0 Å². The third-order valence-electron chi connectivity index (χ3n) is 6.51. The number of rotatable bonds is 3. The summed E-state index contributed by atoms with van der Waals surface area (Å²) in [5.41, 5.74) is 5.40. The lowest BCUT2D eigenvalue weighted by molar-refractivity contribution is -0.129. The van der Waals surface area contributed by atoms with Crippen molar-refractivity contribution in [1.82, 2.24) is 9.88 Å². The second kappa shape index (κ2) is 6.76. The highest BCUT2D eigenvalue weighted by Gasteiger charge is 2.50. The van der Waals surface area contributed by atoms with E-state index >= 15 is 0 Å². The molecule has 2 fully saturated rings. The van der Waals surface area contributed by atoms with E-state index in [1.54, 1.807) is 11.8 Å². The van der Waals surface area contributed by atoms with Gasteiger partial charge in [-0.2, -0.15) is 0 Å². The van der Waals surface area contributed by atoms with Crippen LogP contribution in [0.25, 0.3) is 10.9 Å². The van der Waals surface area contributed by atoms with Crippen LogP contribution in [0.3, 0.4) is 0 Å². The fourth-order valence-electron chi connectivity index (χ4n) is 5.86. The lowest BCUT2D eigenvalue weighted by Gasteiger charge is -2.39. The van der Waals surface area contributed by atoms with Gasteiger partial charge in [0.2, 0.25) is 5.91 Å². The number of hydrogen-bond donors (Lipinski definition) is 0. The van der Waals surface area contributed by atoms with Crippen LogP contribution < -0.4 is 0 Å². The van der Waals surface area contributed by atoms with Crippen molar-refractivity contribution in [1.29, 1.82) is 0 Å². The molecule has 1 aliphatic carbocycles. The van der Waals surface area contributed by atoms with Gasteiger partial charge < -0.3 is 4.90 Å².